The molecule has 0 aliphatic carbocycles. The Labute approximate surface area is 116 Å². The van der Waals surface area contributed by atoms with Gasteiger partial charge >= 0.3 is 6.18 Å². The molecule has 2 heterocycles. The molecule has 1 unspecified atom stereocenters. The molecule has 2 aromatic rings. The number of hydrogen-bond donors (Lipinski definition) is 2. The highest BCUT2D eigenvalue weighted by atomic mass is 32.1. The zero-order chi connectivity index (χ0) is 14.9. The Morgan fingerprint density at radius 1 is 1.60 bits per heavy atom. The van der Waals surface area contributed by atoms with Gasteiger partial charge in [0.25, 0.3) is 0 Å². The van der Waals surface area contributed by atoms with Crippen LogP contribution in [0.25, 0.3) is 4.96 Å². The van der Waals surface area contributed by atoms with Gasteiger partial charge in [-0.15, -0.1) is 11.3 Å². The van der Waals surface area contributed by atoms with Gasteiger partial charge in [-0.05, 0) is 6.92 Å². The Morgan fingerprint density at radius 2 is 2.30 bits per heavy atom. The first-order chi connectivity index (χ1) is 9.27. The molecule has 0 aliphatic rings. The third-order valence-electron chi connectivity index (χ3n) is 2.62. The van der Waals surface area contributed by atoms with E-state index in [1.165, 1.54) is 11.3 Å². The fraction of sp³-hybridized carbons (Fsp3) is 0.455. The number of alkyl halides is 3. The van der Waals surface area contributed by atoms with E-state index in [4.69, 9.17) is 5.11 Å². The fourth-order valence-electron chi connectivity index (χ4n) is 1.62. The van der Waals surface area contributed by atoms with Gasteiger partial charge in [-0.25, -0.2) is 4.98 Å². The lowest BCUT2D eigenvalue weighted by Gasteiger charge is -2.14. The summed E-state index contributed by atoms with van der Waals surface area (Å²) in [4.78, 5) is 16.5. The van der Waals surface area contributed by atoms with Gasteiger partial charge in [-0.2, -0.15) is 13.2 Å². The van der Waals surface area contributed by atoms with Gasteiger partial charge in [0.15, 0.2) is 11.1 Å². The highest BCUT2D eigenvalue weighted by Crippen LogP contribution is 2.19. The maximum absolute atomic E-state index is 12.1. The predicted octanol–water partition coefficient (Wildman–Crippen LogP) is 1.29. The van der Waals surface area contributed by atoms with Crippen molar-refractivity contribution in [3.63, 3.8) is 0 Å². The molecule has 2 aromatic heterocycles. The lowest BCUT2D eigenvalue weighted by Crippen LogP contribution is -2.41. The average Bonchev–Trinajstić information content (AvgIpc) is 2.86. The first kappa shape index (κ1) is 14.8. The molecule has 5 nitrogen and oxygen atoms in total. The normalized spacial score (nSPS) is 13.7. The average molecular weight is 307 g/mol. The maximum Gasteiger partial charge on any atom is 0.416 e. The summed E-state index contributed by atoms with van der Waals surface area (Å²) in [6.07, 6.45) is -5.60. The first-order valence-electron chi connectivity index (χ1n) is 5.71. The summed E-state index contributed by atoms with van der Waals surface area (Å²) >= 11 is 1.35. The number of imidazole rings is 1. The Balaban J connectivity index is 1.95. The van der Waals surface area contributed by atoms with Gasteiger partial charge in [0.1, 0.15) is 0 Å². The molecule has 2 N–H and O–H groups in total. The molecule has 9 heteroatoms. The van der Waals surface area contributed by atoms with Crippen molar-refractivity contribution in [2.24, 2.45) is 0 Å². The van der Waals surface area contributed by atoms with Gasteiger partial charge in [-0.3, -0.25) is 9.20 Å². The second kappa shape index (κ2) is 5.41. The Hall–Kier alpha value is -1.61. The number of fused-ring (bicyclic) bond motifs is 1. The molecule has 0 aromatic carbocycles. The molecule has 20 heavy (non-hydrogen) atoms. The molecule has 110 valence electrons. The van der Waals surface area contributed by atoms with Crippen LogP contribution in [-0.2, 0) is 11.2 Å². The number of aryl methyl sites for hydroxylation is 1. The predicted molar refractivity (Wildman–Crippen MR) is 66.6 cm³/mol. The number of carbonyl (C=O) groups is 1. The molecule has 0 radical (unpaired) electrons. The van der Waals surface area contributed by atoms with Crippen molar-refractivity contribution in [1.29, 1.82) is 0 Å². The summed E-state index contributed by atoms with van der Waals surface area (Å²) in [5, 5.41) is 12.6. The van der Waals surface area contributed by atoms with E-state index in [9.17, 15) is 18.0 Å². The van der Waals surface area contributed by atoms with Crippen molar-refractivity contribution in [3.05, 3.63) is 23.0 Å². The highest BCUT2D eigenvalue weighted by molar-refractivity contribution is 7.15. The second-order valence-electron chi connectivity index (χ2n) is 4.30. The van der Waals surface area contributed by atoms with Crippen LogP contribution in [-0.4, -0.2) is 39.2 Å². The highest BCUT2D eigenvalue weighted by Gasteiger charge is 2.38. The van der Waals surface area contributed by atoms with Crippen molar-refractivity contribution in [2.75, 3.05) is 6.54 Å². The van der Waals surface area contributed by atoms with Gasteiger partial charge < -0.3 is 10.4 Å². The second-order valence-corrected chi connectivity index (χ2v) is 5.14. The summed E-state index contributed by atoms with van der Waals surface area (Å²) in [6.45, 7) is 0.960. The number of carbonyl (C=O) groups excluding carboxylic acids is 1. The zero-order valence-corrected chi connectivity index (χ0v) is 11.3. The minimum Gasteiger partial charge on any atom is -0.382 e. The maximum atomic E-state index is 12.1. The summed E-state index contributed by atoms with van der Waals surface area (Å²) < 4.78 is 37.9. The van der Waals surface area contributed by atoms with Gasteiger partial charge in [0, 0.05) is 17.3 Å². The number of nitrogens with one attached hydrogen (secondary N) is 1. The van der Waals surface area contributed by atoms with Crippen LogP contribution in [0, 0.1) is 6.92 Å². The van der Waals surface area contributed by atoms with E-state index in [-0.39, 0.29) is 6.42 Å². The summed E-state index contributed by atoms with van der Waals surface area (Å²) in [6, 6.07) is 0. The zero-order valence-electron chi connectivity index (χ0n) is 10.4. The van der Waals surface area contributed by atoms with Crippen LogP contribution in [0.4, 0.5) is 13.2 Å². The smallest absolute Gasteiger partial charge is 0.382 e. The number of aliphatic hydroxyl groups excluding tert-OH is 1. The van der Waals surface area contributed by atoms with E-state index in [2.05, 4.69) is 10.3 Å². The van der Waals surface area contributed by atoms with Crippen molar-refractivity contribution >= 4 is 22.2 Å². The number of amides is 1. The summed E-state index contributed by atoms with van der Waals surface area (Å²) in [5.41, 5.74) is 1.44. The van der Waals surface area contributed by atoms with Gasteiger partial charge in [0.05, 0.1) is 18.7 Å². The molecule has 2 rings (SSSR count). The van der Waals surface area contributed by atoms with Crippen molar-refractivity contribution in [3.8, 4) is 0 Å². The third-order valence-corrected chi connectivity index (χ3v) is 3.50. The summed E-state index contributed by atoms with van der Waals surface area (Å²) in [7, 11) is 0. The van der Waals surface area contributed by atoms with E-state index in [1.54, 1.807) is 16.0 Å². The Morgan fingerprint density at radius 3 is 2.95 bits per heavy atom. The van der Waals surface area contributed by atoms with Crippen molar-refractivity contribution < 1.29 is 23.1 Å². The topological polar surface area (TPSA) is 66.6 Å². The number of rotatable bonds is 4. The minimum absolute atomic E-state index is 0.0691. The molecule has 1 amide bonds. The first-order valence-corrected chi connectivity index (χ1v) is 6.59. The van der Waals surface area contributed by atoms with Crippen LogP contribution >= 0.6 is 11.3 Å². The van der Waals surface area contributed by atoms with Crippen molar-refractivity contribution in [1.82, 2.24) is 14.7 Å². The van der Waals surface area contributed by atoms with E-state index < -0.39 is 24.7 Å². The SMILES string of the molecule is Cc1cn2c(CC(=O)NCC(O)C(F)(F)F)csc2n1. The van der Waals surface area contributed by atoms with E-state index in [1.807, 2.05) is 6.92 Å². The third kappa shape index (κ3) is 3.28. The Kier molecular flexibility index (Phi) is 4.00. The van der Waals surface area contributed by atoms with Crippen LogP contribution in [0.2, 0.25) is 0 Å². The number of nitrogens with zero attached hydrogens (tertiary/aromatic N) is 2. The molecule has 1 atom stereocenters. The largest absolute Gasteiger partial charge is 0.416 e. The quantitative estimate of drug-likeness (QED) is 0.894. The fourth-order valence-corrected chi connectivity index (χ4v) is 2.54. The Bertz CT molecular complexity index is 620. The minimum atomic E-state index is -4.73. The molecule has 0 saturated carbocycles. The summed E-state index contributed by atoms with van der Waals surface area (Å²) in [5.74, 6) is -0.584. The number of thiazole rings is 1. The molecule has 0 aliphatic heterocycles. The lowest BCUT2D eigenvalue weighted by molar-refractivity contribution is -0.201. The van der Waals surface area contributed by atoms with E-state index >= 15 is 0 Å². The molecule has 0 saturated heterocycles. The standard InChI is InChI=1S/C11H12F3N3O2S/c1-6-4-17-7(5-20-10(17)16-6)2-9(19)15-3-8(18)11(12,13)14/h4-5,8,18H,2-3H2,1H3,(H,15,19). The molecule has 0 bridgehead atoms. The number of aliphatic hydroxyl groups is 1. The van der Waals surface area contributed by atoms with E-state index in [0.29, 0.717) is 5.69 Å². The number of halogens is 3. The van der Waals surface area contributed by atoms with Crippen LogP contribution in [0.3, 0.4) is 0 Å². The van der Waals surface area contributed by atoms with Gasteiger partial charge in [0.2, 0.25) is 5.91 Å². The molecule has 0 fully saturated rings. The van der Waals surface area contributed by atoms with Crippen molar-refractivity contribution in [2.45, 2.75) is 25.6 Å². The van der Waals surface area contributed by atoms with Gasteiger partial charge in [-0.1, -0.05) is 0 Å². The number of hydrogen-bond acceptors (Lipinski definition) is 4. The molecular weight excluding hydrogens is 295 g/mol. The van der Waals surface area contributed by atoms with Crippen LogP contribution in [0.1, 0.15) is 11.4 Å². The molecular formula is C11H12F3N3O2S. The monoisotopic (exact) mass is 307 g/mol. The van der Waals surface area contributed by atoms with Crippen LogP contribution < -0.4 is 5.32 Å². The van der Waals surface area contributed by atoms with E-state index in [0.717, 1.165) is 10.7 Å². The molecule has 0 spiro atoms. The van der Waals surface area contributed by atoms with Crippen LogP contribution in [0.5, 0.6) is 0 Å². The number of aromatic nitrogens is 2. The lowest BCUT2D eigenvalue weighted by atomic mass is 10.3. The van der Waals surface area contributed by atoms with Crippen LogP contribution in [0.15, 0.2) is 11.6 Å².